The van der Waals surface area contributed by atoms with Crippen molar-refractivity contribution in [1.29, 1.82) is 0 Å². The van der Waals surface area contributed by atoms with Gasteiger partial charge < -0.3 is 9.47 Å². The van der Waals surface area contributed by atoms with E-state index in [-0.39, 0.29) is 0 Å². The highest BCUT2D eigenvalue weighted by Gasteiger charge is 2.61. The highest BCUT2D eigenvalue weighted by Crippen LogP contribution is 2.52. The van der Waals surface area contributed by atoms with Gasteiger partial charge in [-0.05, 0) is 26.0 Å². The number of carbonyl (C=O) groups is 2. The first kappa shape index (κ1) is 7.94. The van der Waals surface area contributed by atoms with Crippen LogP contribution >= 0.6 is 0 Å². The van der Waals surface area contributed by atoms with Crippen molar-refractivity contribution in [1.82, 2.24) is 0 Å². The van der Waals surface area contributed by atoms with Gasteiger partial charge in [-0.15, -0.1) is 0 Å². The predicted octanol–water partition coefficient (Wildman–Crippen LogP) is 0.484. The number of fused-ring (bicyclic) bond motifs is 4. The second-order valence-corrected chi connectivity index (χ2v) is 4.08. The summed E-state index contributed by atoms with van der Waals surface area (Å²) in [6.07, 6.45) is 3.59. The molecule has 0 N–H and O–H groups in total. The second-order valence-electron chi connectivity index (χ2n) is 4.08. The summed E-state index contributed by atoms with van der Waals surface area (Å²) in [6, 6.07) is 0. The Hall–Kier alpha value is -1.42. The van der Waals surface area contributed by atoms with Crippen molar-refractivity contribution in [3.63, 3.8) is 0 Å². The summed E-state index contributed by atoms with van der Waals surface area (Å²) < 4.78 is 10.2. The molecule has 0 spiro atoms. The van der Waals surface area contributed by atoms with Gasteiger partial charge in [-0.3, -0.25) is 0 Å². The van der Waals surface area contributed by atoms with Gasteiger partial charge in [0.2, 0.25) is 0 Å². The number of esters is 2. The Morgan fingerprint density at radius 1 is 1.00 bits per heavy atom. The molecule has 0 saturated carbocycles. The molecular weight excluding hydrogens is 184 g/mol. The van der Waals surface area contributed by atoms with Crippen LogP contribution in [0.5, 0.6) is 0 Å². The summed E-state index contributed by atoms with van der Waals surface area (Å²) in [4.78, 5) is 22.8. The fourth-order valence-corrected chi connectivity index (χ4v) is 2.39. The monoisotopic (exact) mass is 192 g/mol. The lowest BCUT2D eigenvalue weighted by molar-refractivity contribution is -0.154. The average Bonchev–Trinajstić information content (AvgIpc) is 2.60. The van der Waals surface area contributed by atoms with E-state index < -0.39 is 23.1 Å². The average molecular weight is 192 g/mol. The molecule has 0 amide bonds. The van der Waals surface area contributed by atoms with Crippen molar-refractivity contribution in [3.05, 3.63) is 23.3 Å². The SMILES string of the molecule is CC12C=CC(C)(O1)C1=C2C(=O)OC1=O. The summed E-state index contributed by atoms with van der Waals surface area (Å²) in [6.45, 7) is 3.52. The molecule has 2 unspecified atom stereocenters. The van der Waals surface area contributed by atoms with Crippen LogP contribution in [0.4, 0.5) is 0 Å². The van der Waals surface area contributed by atoms with Crippen LogP contribution in [0, 0.1) is 0 Å². The molecule has 4 heteroatoms. The zero-order valence-electron chi connectivity index (χ0n) is 7.79. The maximum atomic E-state index is 11.4. The zero-order chi connectivity index (χ0) is 10.1. The van der Waals surface area contributed by atoms with Crippen LogP contribution < -0.4 is 0 Å². The van der Waals surface area contributed by atoms with Gasteiger partial charge in [0.1, 0.15) is 11.2 Å². The summed E-state index contributed by atoms with van der Waals surface area (Å²) in [5.41, 5.74) is -0.805. The largest absolute Gasteiger partial charge is 0.386 e. The highest BCUT2D eigenvalue weighted by molar-refractivity contribution is 6.16. The third-order valence-corrected chi connectivity index (χ3v) is 2.98. The Bertz CT molecular complexity index is 407. The van der Waals surface area contributed by atoms with E-state index in [2.05, 4.69) is 4.74 Å². The molecule has 14 heavy (non-hydrogen) atoms. The molecule has 0 aromatic carbocycles. The first-order valence-corrected chi connectivity index (χ1v) is 4.39. The molecule has 0 aliphatic carbocycles. The van der Waals surface area contributed by atoms with E-state index in [4.69, 9.17) is 4.74 Å². The van der Waals surface area contributed by atoms with Crippen molar-refractivity contribution in [2.45, 2.75) is 25.0 Å². The molecule has 2 bridgehead atoms. The molecule has 3 rings (SSSR count). The van der Waals surface area contributed by atoms with Gasteiger partial charge >= 0.3 is 11.9 Å². The topological polar surface area (TPSA) is 52.6 Å². The highest BCUT2D eigenvalue weighted by atomic mass is 16.6. The molecule has 0 fully saturated rings. The Morgan fingerprint density at radius 3 is 1.86 bits per heavy atom. The molecule has 4 nitrogen and oxygen atoms in total. The maximum Gasteiger partial charge on any atom is 0.345 e. The van der Waals surface area contributed by atoms with Crippen LogP contribution in [0.1, 0.15) is 13.8 Å². The van der Waals surface area contributed by atoms with E-state index in [0.29, 0.717) is 11.1 Å². The van der Waals surface area contributed by atoms with Crippen LogP contribution in [-0.2, 0) is 19.1 Å². The van der Waals surface area contributed by atoms with E-state index in [1.54, 1.807) is 26.0 Å². The molecule has 2 atom stereocenters. The summed E-state index contributed by atoms with van der Waals surface area (Å²) in [5.74, 6) is -1.14. The Balaban J connectivity index is 2.30. The van der Waals surface area contributed by atoms with Crippen LogP contribution in [0.2, 0.25) is 0 Å². The standard InChI is InChI=1S/C10H8O4/c1-9-3-4-10(2,14-9)6-5(9)7(11)13-8(6)12/h3-4H,1-2H3. The summed E-state index contributed by atoms with van der Waals surface area (Å²) >= 11 is 0. The van der Waals surface area contributed by atoms with Crippen molar-refractivity contribution in [2.75, 3.05) is 0 Å². The van der Waals surface area contributed by atoms with Gasteiger partial charge in [-0.2, -0.15) is 0 Å². The zero-order valence-corrected chi connectivity index (χ0v) is 7.79. The van der Waals surface area contributed by atoms with Crippen LogP contribution in [0.3, 0.4) is 0 Å². The third kappa shape index (κ3) is 0.620. The second kappa shape index (κ2) is 1.83. The number of cyclic esters (lactones) is 2. The minimum atomic E-state index is -0.771. The van der Waals surface area contributed by atoms with Gasteiger partial charge in [0.15, 0.2) is 0 Å². The van der Waals surface area contributed by atoms with Crippen molar-refractivity contribution < 1.29 is 19.1 Å². The van der Waals surface area contributed by atoms with Gasteiger partial charge in [-0.25, -0.2) is 9.59 Å². The van der Waals surface area contributed by atoms with Gasteiger partial charge in [0.05, 0.1) is 11.1 Å². The molecule has 3 aliphatic heterocycles. The van der Waals surface area contributed by atoms with Crippen molar-refractivity contribution in [3.8, 4) is 0 Å². The molecular formula is C10H8O4. The van der Waals surface area contributed by atoms with Gasteiger partial charge in [0.25, 0.3) is 0 Å². The molecule has 72 valence electrons. The number of hydrogen-bond acceptors (Lipinski definition) is 4. The predicted molar refractivity (Wildman–Crippen MR) is 45.2 cm³/mol. The van der Waals surface area contributed by atoms with E-state index in [1.807, 2.05) is 0 Å². The van der Waals surface area contributed by atoms with E-state index in [9.17, 15) is 9.59 Å². The summed E-state index contributed by atoms with van der Waals surface area (Å²) in [5, 5.41) is 0. The minimum Gasteiger partial charge on any atom is -0.386 e. The molecule has 3 aliphatic rings. The van der Waals surface area contributed by atoms with Gasteiger partial charge in [-0.1, -0.05) is 0 Å². The Labute approximate surface area is 80.2 Å². The fourth-order valence-electron chi connectivity index (χ4n) is 2.39. The lowest BCUT2D eigenvalue weighted by Gasteiger charge is -2.21. The Morgan fingerprint density at radius 2 is 1.43 bits per heavy atom. The van der Waals surface area contributed by atoms with Crippen LogP contribution in [-0.4, -0.2) is 23.1 Å². The normalized spacial score (nSPS) is 43.6. The first-order valence-electron chi connectivity index (χ1n) is 4.39. The molecule has 3 heterocycles. The van der Waals surface area contributed by atoms with Crippen LogP contribution in [0.15, 0.2) is 23.3 Å². The lowest BCUT2D eigenvalue weighted by Crippen LogP contribution is -2.31. The van der Waals surface area contributed by atoms with Gasteiger partial charge in [0, 0.05) is 0 Å². The summed E-state index contributed by atoms with van der Waals surface area (Å²) in [7, 11) is 0. The number of carbonyl (C=O) groups excluding carboxylic acids is 2. The third-order valence-electron chi connectivity index (χ3n) is 2.98. The van der Waals surface area contributed by atoms with E-state index >= 15 is 0 Å². The first-order chi connectivity index (χ1) is 6.46. The molecule has 0 aromatic rings. The Kier molecular flexibility index (Phi) is 1.04. The van der Waals surface area contributed by atoms with E-state index in [1.165, 1.54) is 0 Å². The maximum absolute atomic E-state index is 11.4. The number of hydrogen-bond donors (Lipinski definition) is 0. The van der Waals surface area contributed by atoms with E-state index in [0.717, 1.165) is 0 Å². The smallest absolute Gasteiger partial charge is 0.345 e. The minimum absolute atomic E-state index is 0.368. The van der Waals surface area contributed by atoms with Crippen LogP contribution in [0.25, 0.3) is 0 Å². The molecule has 0 saturated heterocycles. The lowest BCUT2D eigenvalue weighted by atomic mass is 9.85. The van der Waals surface area contributed by atoms with Crippen molar-refractivity contribution in [2.24, 2.45) is 0 Å². The van der Waals surface area contributed by atoms with Crippen molar-refractivity contribution >= 4 is 11.9 Å². The number of rotatable bonds is 0. The number of ether oxygens (including phenoxy) is 2. The molecule has 0 aromatic heterocycles. The fraction of sp³-hybridized carbons (Fsp3) is 0.400. The molecule has 0 radical (unpaired) electrons. The quantitative estimate of drug-likeness (QED) is 0.318.